The molecular formula is C2H14BrP3. The van der Waals surface area contributed by atoms with Crippen LogP contribution in [0.5, 0.6) is 0 Å². The summed E-state index contributed by atoms with van der Waals surface area (Å²) in [5.74, 6) is 0. The molecule has 0 N–H and O–H groups in total. The van der Waals surface area contributed by atoms with E-state index < -0.39 is 0 Å². The molecule has 4 heteroatoms. The van der Waals surface area contributed by atoms with E-state index in [1.807, 2.05) is 6.92 Å². The van der Waals surface area contributed by atoms with Gasteiger partial charge < -0.3 is 0 Å². The second kappa shape index (κ2) is 29.4. The van der Waals surface area contributed by atoms with Gasteiger partial charge in [-0.25, -0.2) is 0 Å². The zero-order valence-corrected chi connectivity index (χ0v) is 10.0. The van der Waals surface area contributed by atoms with Crippen molar-refractivity contribution in [1.82, 2.24) is 0 Å². The Kier molecular flexibility index (Phi) is 123. The van der Waals surface area contributed by atoms with Crippen LogP contribution in [0.3, 0.4) is 0 Å². The predicted octanol–water partition coefficient (Wildman–Crippen LogP) is 1.58. The van der Waals surface area contributed by atoms with Gasteiger partial charge in [-0.3, -0.25) is 0 Å². The van der Waals surface area contributed by atoms with Gasteiger partial charge in [0, 0.05) is 5.33 Å². The second-order valence-corrected chi connectivity index (χ2v) is 1.39. The van der Waals surface area contributed by atoms with Gasteiger partial charge in [-0.2, -0.15) is 29.7 Å². The Hall–Kier alpha value is 1.77. The molecule has 0 saturated heterocycles. The van der Waals surface area contributed by atoms with Crippen LogP contribution in [0.4, 0.5) is 0 Å². The Labute approximate surface area is 58.2 Å². The lowest BCUT2D eigenvalue weighted by Crippen LogP contribution is -1.34. The lowest BCUT2D eigenvalue weighted by Gasteiger charge is -1.45. The SMILES string of the molecule is CCBr.P.P.P. The van der Waals surface area contributed by atoms with Crippen molar-refractivity contribution in [2.24, 2.45) is 0 Å². The van der Waals surface area contributed by atoms with Crippen LogP contribution in [-0.2, 0) is 0 Å². The molecule has 3 atom stereocenters. The topological polar surface area (TPSA) is 0 Å². The summed E-state index contributed by atoms with van der Waals surface area (Å²) in [6, 6.07) is 0. The molecule has 0 aliphatic rings. The van der Waals surface area contributed by atoms with Gasteiger partial charge in [-0.15, -0.1) is 0 Å². The van der Waals surface area contributed by atoms with Gasteiger partial charge in [0.25, 0.3) is 0 Å². The van der Waals surface area contributed by atoms with Crippen LogP contribution in [0.25, 0.3) is 0 Å². The van der Waals surface area contributed by atoms with Crippen LogP contribution in [0.15, 0.2) is 0 Å². The molecule has 6 heavy (non-hydrogen) atoms. The average Bonchev–Trinajstić information content (AvgIpc) is 0.918. The van der Waals surface area contributed by atoms with Crippen molar-refractivity contribution in [3.05, 3.63) is 0 Å². The highest BCUT2D eigenvalue weighted by Crippen LogP contribution is 1.67. The molecule has 44 valence electrons. The van der Waals surface area contributed by atoms with E-state index in [0.717, 1.165) is 5.33 Å². The van der Waals surface area contributed by atoms with Crippen molar-refractivity contribution in [3.63, 3.8) is 0 Å². The van der Waals surface area contributed by atoms with E-state index in [9.17, 15) is 0 Å². The highest BCUT2D eigenvalue weighted by atomic mass is 79.9. The molecule has 0 aromatic heterocycles. The molecule has 0 aromatic carbocycles. The van der Waals surface area contributed by atoms with Crippen LogP contribution < -0.4 is 0 Å². The van der Waals surface area contributed by atoms with Gasteiger partial charge in [0.1, 0.15) is 0 Å². The maximum absolute atomic E-state index is 3.15. The minimum atomic E-state index is 0. The maximum atomic E-state index is 3.15. The lowest BCUT2D eigenvalue weighted by atomic mass is 11.0. The van der Waals surface area contributed by atoms with Crippen molar-refractivity contribution in [3.8, 4) is 0 Å². The zero-order valence-electron chi connectivity index (χ0n) is 4.21. The molecule has 0 spiro atoms. The van der Waals surface area contributed by atoms with Gasteiger partial charge >= 0.3 is 0 Å². The van der Waals surface area contributed by atoms with E-state index in [4.69, 9.17) is 0 Å². The van der Waals surface area contributed by atoms with Gasteiger partial charge in [0.05, 0.1) is 0 Å². The van der Waals surface area contributed by atoms with Crippen LogP contribution in [-0.4, -0.2) is 5.33 Å². The first-order chi connectivity index (χ1) is 1.41. The van der Waals surface area contributed by atoms with Crippen molar-refractivity contribution in [2.75, 3.05) is 5.33 Å². The van der Waals surface area contributed by atoms with Crippen LogP contribution in [0.2, 0.25) is 0 Å². The molecule has 0 amide bonds. The third-order valence-corrected chi connectivity index (χ3v) is 0. The summed E-state index contributed by atoms with van der Waals surface area (Å²) in [5, 5.41) is 1.06. The van der Waals surface area contributed by atoms with Crippen molar-refractivity contribution in [2.45, 2.75) is 6.92 Å². The largest absolute Gasteiger partial charge is 0.153 e. The van der Waals surface area contributed by atoms with Gasteiger partial charge in [-0.05, 0) is 0 Å². The van der Waals surface area contributed by atoms with Crippen molar-refractivity contribution in [1.29, 1.82) is 0 Å². The molecule has 0 nitrogen and oxygen atoms in total. The Morgan fingerprint density at radius 3 is 1.17 bits per heavy atom. The van der Waals surface area contributed by atoms with Gasteiger partial charge in [0.2, 0.25) is 0 Å². The minimum absolute atomic E-state index is 0. The fourth-order valence-electron chi connectivity index (χ4n) is 0. The van der Waals surface area contributed by atoms with E-state index >= 15 is 0 Å². The number of hydrogen-bond acceptors (Lipinski definition) is 0. The van der Waals surface area contributed by atoms with Gasteiger partial charge in [-0.1, -0.05) is 22.9 Å². The predicted molar refractivity (Wildman–Crippen MR) is 52.8 cm³/mol. The summed E-state index contributed by atoms with van der Waals surface area (Å²) in [7, 11) is 0. The Bertz CT molecular complexity index is 8.75. The highest BCUT2D eigenvalue weighted by molar-refractivity contribution is 9.09. The molecule has 0 aliphatic heterocycles. The minimum Gasteiger partial charge on any atom is -0.153 e. The van der Waals surface area contributed by atoms with Crippen LogP contribution in [0.1, 0.15) is 6.92 Å². The number of halogens is 1. The monoisotopic (exact) mass is 210 g/mol. The Morgan fingerprint density at radius 2 is 1.17 bits per heavy atom. The number of hydrogen-bond donors (Lipinski definition) is 0. The smallest absolute Gasteiger partial charge is 0.000281 e. The Balaban J connectivity index is -0.00000000667. The van der Waals surface area contributed by atoms with Crippen LogP contribution in [0, 0.1) is 0 Å². The molecule has 0 radical (unpaired) electrons. The van der Waals surface area contributed by atoms with E-state index in [1.54, 1.807) is 0 Å². The normalized spacial score (nSPS) is 3.00. The van der Waals surface area contributed by atoms with Crippen molar-refractivity contribution < 1.29 is 0 Å². The molecule has 3 unspecified atom stereocenters. The molecule has 0 fully saturated rings. The summed E-state index contributed by atoms with van der Waals surface area (Å²) in [4.78, 5) is 0. The number of alkyl halides is 1. The fourth-order valence-corrected chi connectivity index (χ4v) is 0. The highest BCUT2D eigenvalue weighted by Gasteiger charge is 1.38. The molecule has 0 rings (SSSR count). The van der Waals surface area contributed by atoms with E-state index in [1.165, 1.54) is 0 Å². The summed E-state index contributed by atoms with van der Waals surface area (Å²) in [5.41, 5.74) is 0. The fraction of sp³-hybridized carbons (Fsp3) is 1.00. The summed E-state index contributed by atoms with van der Waals surface area (Å²) < 4.78 is 0. The molecular weight excluding hydrogens is 197 g/mol. The van der Waals surface area contributed by atoms with E-state index in [2.05, 4.69) is 15.9 Å². The molecule has 0 saturated carbocycles. The zero-order chi connectivity index (χ0) is 2.71. The van der Waals surface area contributed by atoms with E-state index in [0.29, 0.717) is 0 Å². The first-order valence-electron chi connectivity index (χ1n) is 0.974. The lowest BCUT2D eigenvalue weighted by molar-refractivity contribution is 1.56. The van der Waals surface area contributed by atoms with Crippen LogP contribution >= 0.6 is 45.6 Å². The quantitative estimate of drug-likeness (QED) is 0.421. The number of rotatable bonds is 0. The first kappa shape index (κ1) is 25.1. The molecule has 0 heterocycles. The Morgan fingerprint density at radius 1 is 1.17 bits per heavy atom. The molecule has 0 aromatic rings. The summed E-state index contributed by atoms with van der Waals surface area (Å²) >= 11 is 3.15. The third kappa shape index (κ3) is 41.9. The first-order valence-corrected chi connectivity index (χ1v) is 2.10. The second-order valence-electron chi connectivity index (χ2n) is 0.267. The summed E-state index contributed by atoms with van der Waals surface area (Å²) in [6.45, 7) is 2.04. The average molecular weight is 211 g/mol. The maximum Gasteiger partial charge on any atom is 0.000281 e. The third-order valence-electron chi connectivity index (χ3n) is 0. The van der Waals surface area contributed by atoms with Gasteiger partial charge in [0.15, 0.2) is 0 Å². The van der Waals surface area contributed by atoms with E-state index in [-0.39, 0.29) is 29.7 Å². The van der Waals surface area contributed by atoms with Crippen molar-refractivity contribution >= 4 is 45.6 Å². The standard InChI is InChI=1S/C2H5Br.3H3P/c1-2-3;;;/h2H2,1H3;3*1H3. The summed E-state index contributed by atoms with van der Waals surface area (Å²) in [6.07, 6.45) is 0. The molecule has 0 bridgehead atoms. The molecule has 0 aliphatic carbocycles.